The highest BCUT2D eigenvalue weighted by Crippen LogP contribution is 2.25. The van der Waals surface area contributed by atoms with Gasteiger partial charge in [0.2, 0.25) is 0 Å². The van der Waals surface area contributed by atoms with Gasteiger partial charge in [-0.15, -0.1) is 0 Å². The first-order valence-corrected chi connectivity index (χ1v) is 6.86. The van der Waals surface area contributed by atoms with E-state index in [9.17, 15) is 9.90 Å². The lowest BCUT2D eigenvalue weighted by atomic mass is 10.2. The number of benzene rings is 2. The smallest absolute Gasteiger partial charge is 0.307 e. The number of fused-ring (bicyclic) bond motifs is 1. The summed E-state index contributed by atoms with van der Waals surface area (Å²) in [5.74, 6) is 0.114. The van der Waals surface area contributed by atoms with Gasteiger partial charge in [-0.3, -0.25) is 4.79 Å². The van der Waals surface area contributed by atoms with Gasteiger partial charge in [-0.25, -0.2) is 5.43 Å². The van der Waals surface area contributed by atoms with E-state index >= 15 is 0 Å². The summed E-state index contributed by atoms with van der Waals surface area (Å²) in [6, 6.07) is 13.8. The first-order valence-electron chi connectivity index (χ1n) is 6.86. The van der Waals surface area contributed by atoms with Crippen LogP contribution in [0.4, 0.5) is 0 Å². The lowest BCUT2D eigenvalue weighted by Crippen LogP contribution is -2.16. The van der Waals surface area contributed by atoms with E-state index in [0.717, 1.165) is 5.39 Å². The second-order valence-corrected chi connectivity index (χ2v) is 4.78. The third kappa shape index (κ3) is 3.16. The Morgan fingerprint density at radius 3 is 2.87 bits per heavy atom. The van der Waals surface area contributed by atoms with Crippen molar-refractivity contribution in [2.75, 3.05) is 7.11 Å². The number of methoxy groups -OCH3 is 1. The number of para-hydroxylation sites is 1. The van der Waals surface area contributed by atoms with Gasteiger partial charge in [0.1, 0.15) is 5.58 Å². The fraction of sp³-hybridized carbons (Fsp3) is 0.0588. The van der Waals surface area contributed by atoms with Gasteiger partial charge in [-0.05, 0) is 35.9 Å². The van der Waals surface area contributed by atoms with Crippen LogP contribution in [0.3, 0.4) is 0 Å². The summed E-state index contributed by atoms with van der Waals surface area (Å²) in [7, 11) is 1.46. The molecule has 1 heterocycles. The quantitative estimate of drug-likeness (QED) is 0.573. The average Bonchev–Trinajstić information content (AvgIpc) is 3.00. The number of carbonyl (C=O) groups is 1. The molecule has 1 amide bonds. The third-order valence-electron chi connectivity index (χ3n) is 3.23. The number of furan rings is 1. The van der Waals surface area contributed by atoms with E-state index in [1.807, 2.05) is 18.2 Å². The third-order valence-corrected chi connectivity index (χ3v) is 3.23. The number of hydrazone groups is 1. The zero-order valence-electron chi connectivity index (χ0n) is 12.3. The van der Waals surface area contributed by atoms with Gasteiger partial charge in [-0.1, -0.05) is 18.2 Å². The van der Waals surface area contributed by atoms with Crippen molar-refractivity contribution in [1.29, 1.82) is 0 Å². The molecule has 23 heavy (non-hydrogen) atoms. The summed E-state index contributed by atoms with van der Waals surface area (Å²) in [6.07, 6.45) is 1.45. The van der Waals surface area contributed by atoms with Crippen molar-refractivity contribution in [3.05, 3.63) is 59.9 Å². The topological polar surface area (TPSA) is 84.1 Å². The van der Waals surface area contributed by atoms with Gasteiger partial charge in [-0.2, -0.15) is 5.10 Å². The maximum absolute atomic E-state index is 12.0. The Balaban J connectivity index is 1.70. The lowest BCUT2D eigenvalue weighted by molar-refractivity contribution is 0.0929. The van der Waals surface area contributed by atoms with E-state index in [1.165, 1.54) is 19.4 Å². The highest BCUT2D eigenvalue weighted by molar-refractivity contribution is 5.96. The van der Waals surface area contributed by atoms with Crippen LogP contribution < -0.4 is 10.2 Å². The van der Waals surface area contributed by atoms with E-state index in [1.54, 1.807) is 24.3 Å². The molecule has 116 valence electrons. The number of aromatic hydroxyl groups is 1. The SMILES string of the molecule is COc1cc(/C=N\NC(=O)c2cc3ccccc3o2)ccc1O. The molecule has 6 heteroatoms. The van der Waals surface area contributed by atoms with Crippen LogP contribution in [-0.2, 0) is 0 Å². The zero-order chi connectivity index (χ0) is 16.2. The summed E-state index contributed by atoms with van der Waals surface area (Å²) in [5.41, 5.74) is 3.71. The maximum Gasteiger partial charge on any atom is 0.307 e. The molecule has 0 aliphatic rings. The molecule has 0 aliphatic carbocycles. The molecule has 0 unspecified atom stereocenters. The molecule has 3 aromatic rings. The molecule has 0 aliphatic heterocycles. The molecule has 3 rings (SSSR count). The number of hydrogen-bond acceptors (Lipinski definition) is 5. The molecule has 0 radical (unpaired) electrons. The van der Waals surface area contributed by atoms with Crippen molar-refractivity contribution in [1.82, 2.24) is 5.43 Å². The van der Waals surface area contributed by atoms with Crippen LogP contribution in [0, 0.1) is 0 Å². The Labute approximate surface area is 132 Å². The summed E-state index contributed by atoms with van der Waals surface area (Å²) >= 11 is 0. The number of ether oxygens (including phenoxy) is 1. The summed E-state index contributed by atoms with van der Waals surface area (Å²) in [5, 5.41) is 14.2. The van der Waals surface area contributed by atoms with Crippen molar-refractivity contribution in [2.45, 2.75) is 0 Å². The van der Waals surface area contributed by atoms with Gasteiger partial charge in [0.05, 0.1) is 13.3 Å². The summed E-state index contributed by atoms with van der Waals surface area (Å²) in [4.78, 5) is 12.0. The molecule has 0 bridgehead atoms. The number of phenolic OH excluding ortho intramolecular Hbond substituents is 1. The van der Waals surface area contributed by atoms with Crippen LogP contribution in [-0.4, -0.2) is 24.3 Å². The number of carbonyl (C=O) groups excluding carboxylic acids is 1. The predicted octanol–water partition coefficient (Wildman–Crippen LogP) is 2.91. The maximum atomic E-state index is 12.0. The van der Waals surface area contributed by atoms with Crippen molar-refractivity contribution in [3.63, 3.8) is 0 Å². The van der Waals surface area contributed by atoms with Gasteiger partial charge in [0.15, 0.2) is 17.3 Å². The monoisotopic (exact) mass is 310 g/mol. The number of amides is 1. The standard InChI is InChI=1S/C17H14N2O4/c1-22-15-8-11(6-7-13(15)20)10-18-19-17(21)16-9-12-4-2-3-5-14(12)23-16/h2-10,20H,1H3,(H,19,21)/b18-10-. The molecule has 0 saturated heterocycles. The van der Waals surface area contributed by atoms with Crippen molar-refractivity contribution in [2.24, 2.45) is 5.10 Å². The van der Waals surface area contributed by atoms with Gasteiger partial charge in [0.25, 0.3) is 0 Å². The average molecular weight is 310 g/mol. The second-order valence-electron chi connectivity index (χ2n) is 4.78. The second kappa shape index (κ2) is 6.23. The van der Waals surface area contributed by atoms with E-state index < -0.39 is 5.91 Å². The fourth-order valence-corrected chi connectivity index (χ4v) is 2.09. The first kappa shape index (κ1) is 14.6. The Kier molecular flexibility index (Phi) is 3.97. The minimum atomic E-state index is -0.441. The normalized spacial score (nSPS) is 11.0. The molecule has 0 fully saturated rings. The van der Waals surface area contributed by atoms with Crippen molar-refractivity contribution in [3.8, 4) is 11.5 Å². The first-order chi connectivity index (χ1) is 11.2. The van der Waals surface area contributed by atoms with Gasteiger partial charge < -0.3 is 14.3 Å². The minimum Gasteiger partial charge on any atom is -0.504 e. The molecule has 1 aromatic heterocycles. The van der Waals surface area contributed by atoms with Crippen molar-refractivity contribution >= 4 is 23.1 Å². The molecular weight excluding hydrogens is 296 g/mol. The lowest BCUT2D eigenvalue weighted by Gasteiger charge is -2.03. The Hall–Kier alpha value is -3.28. The van der Waals surface area contributed by atoms with E-state index in [4.69, 9.17) is 9.15 Å². The predicted molar refractivity (Wildman–Crippen MR) is 85.9 cm³/mol. The zero-order valence-corrected chi connectivity index (χ0v) is 12.3. The number of nitrogens with zero attached hydrogens (tertiary/aromatic N) is 1. The Morgan fingerprint density at radius 2 is 2.09 bits per heavy atom. The summed E-state index contributed by atoms with van der Waals surface area (Å²) < 4.78 is 10.4. The largest absolute Gasteiger partial charge is 0.504 e. The molecule has 2 aromatic carbocycles. The van der Waals surface area contributed by atoms with Crippen LogP contribution in [0.15, 0.2) is 58.0 Å². The molecule has 0 spiro atoms. The van der Waals surface area contributed by atoms with Crippen LogP contribution >= 0.6 is 0 Å². The number of nitrogens with one attached hydrogen (secondary N) is 1. The Morgan fingerprint density at radius 1 is 1.26 bits per heavy atom. The molecule has 0 saturated carbocycles. The van der Waals surface area contributed by atoms with Gasteiger partial charge >= 0.3 is 5.91 Å². The van der Waals surface area contributed by atoms with E-state index in [2.05, 4.69) is 10.5 Å². The number of hydrogen-bond donors (Lipinski definition) is 2. The van der Waals surface area contributed by atoms with Gasteiger partial charge in [0, 0.05) is 5.39 Å². The van der Waals surface area contributed by atoms with Crippen LogP contribution in [0.2, 0.25) is 0 Å². The summed E-state index contributed by atoms with van der Waals surface area (Å²) in [6.45, 7) is 0. The highest BCUT2D eigenvalue weighted by atomic mass is 16.5. The highest BCUT2D eigenvalue weighted by Gasteiger charge is 2.10. The van der Waals surface area contributed by atoms with Crippen LogP contribution in [0.1, 0.15) is 16.1 Å². The number of phenols is 1. The fourth-order valence-electron chi connectivity index (χ4n) is 2.09. The van der Waals surface area contributed by atoms with Crippen LogP contribution in [0.25, 0.3) is 11.0 Å². The molecule has 6 nitrogen and oxygen atoms in total. The molecular formula is C17H14N2O4. The molecule has 0 atom stereocenters. The minimum absolute atomic E-state index is 0.0379. The Bertz CT molecular complexity index is 850. The number of rotatable bonds is 4. The molecule has 2 N–H and O–H groups in total. The van der Waals surface area contributed by atoms with E-state index in [-0.39, 0.29) is 11.5 Å². The van der Waals surface area contributed by atoms with Crippen molar-refractivity contribution < 1.29 is 19.1 Å². The van der Waals surface area contributed by atoms with E-state index in [0.29, 0.717) is 16.9 Å². The van der Waals surface area contributed by atoms with Crippen LogP contribution in [0.5, 0.6) is 11.5 Å².